The van der Waals surface area contributed by atoms with E-state index in [1.165, 1.54) is 0 Å². The number of rotatable bonds is 6. The second-order valence-electron chi connectivity index (χ2n) is 6.60. The molecular weight excluding hydrogens is 467 g/mol. The Labute approximate surface area is 183 Å². The normalized spacial score (nSPS) is 16.6. The number of para-hydroxylation sites is 1. The molecule has 0 radical (unpaired) electrons. The number of aliphatic imine (C=N–C) groups is 1. The zero-order valence-corrected chi connectivity index (χ0v) is 18.8. The Bertz CT molecular complexity index is 777. The van der Waals surface area contributed by atoms with Crippen molar-refractivity contribution in [3.05, 3.63) is 48.3 Å². The molecule has 1 saturated heterocycles. The number of likely N-dealkylation sites (tertiary alicyclic amines) is 1. The van der Waals surface area contributed by atoms with Gasteiger partial charge in [-0.2, -0.15) is 5.10 Å². The molecule has 1 unspecified atom stereocenters. The van der Waals surface area contributed by atoms with Crippen molar-refractivity contribution >= 4 is 35.8 Å². The molecule has 3 rings (SSSR count). The summed E-state index contributed by atoms with van der Waals surface area (Å²) in [6, 6.07) is 10.3. The number of benzene rings is 1. The molecule has 2 N–H and O–H groups in total. The van der Waals surface area contributed by atoms with E-state index in [1.807, 2.05) is 47.0 Å². The van der Waals surface area contributed by atoms with E-state index in [4.69, 9.17) is 4.99 Å². The van der Waals surface area contributed by atoms with Crippen LogP contribution in [0.1, 0.15) is 32.3 Å². The van der Waals surface area contributed by atoms with Gasteiger partial charge in [-0.25, -0.2) is 9.67 Å². The Balaban J connectivity index is 0.00000280. The molecule has 28 heavy (non-hydrogen) atoms. The largest absolute Gasteiger partial charge is 0.357 e. The van der Waals surface area contributed by atoms with Gasteiger partial charge in [0.25, 0.3) is 0 Å². The third-order valence-corrected chi connectivity index (χ3v) is 4.68. The number of halogens is 1. The molecule has 1 aromatic carbocycles. The van der Waals surface area contributed by atoms with Crippen LogP contribution in [0, 0.1) is 0 Å². The quantitative estimate of drug-likeness (QED) is 0.367. The molecular formula is C20H29IN6O. The van der Waals surface area contributed by atoms with E-state index in [0.717, 1.165) is 43.3 Å². The summed E-state index contributed by atoms with van der Waals surface area (Å²) in [6.07, 6.45) is 5.21. The minimum atomic E-state index is 0. The van der Waals surface area contributed by atoms with Gasteiger partial charge in [0, 0.05) is 44.5 Å². The van der Waals surface area contributed by atoms with Gasteiger partial charge in [-0.3, -0.25) is 4.79 Å². The van der Waals surface area contributed by atoms with Gasteiger partial charge in [0.15, 0.2) is 5.96 Å². The van der Waals surface area contributed by atoms with Crippen molar-refractivity contribution in [1.29, 1.82) is 0 Å². The van der Waals surface area contributed by atoms with Crippen LogP contribution >= 0.6 is 24.0 Å². The van der Waals surface area contributed by atoms with Crippen LogP contribution in [-0.2, 0) is 11.3 Å². The number of nitrogens with one attached hydrogen (secondary N) is 2. The van der Waals surface area contributed by atoms with Crippen molar-refractivity contribution in [2.75, 3.05) is 19.6 Å². The van der Waals surface area contributed by atoms with Crippen molar-refractivity contribution in [2.45, 2.75) is 39.3 Å². The third-order valence-electron chi connectivity index (χ3n) is 4.68. The summed E-state index contributed by atoms with van der Waals surface area (Å²) in [5, 5.41) is 11.1. The molecule has 2 aromatic rings. The first-order chi connectivity index (χ1) is 13.2. The van der Waals surface area contributed by atoms with Crippen LogP contribution in [-0.4, -0.2) is 52.2 Å². The smallest absolute Gasteiger partial charge is 0.222 e. The van der Waals surface area contributed by atoms with E-state index >= 15 is 0 Å². The maximum atomic E-state index is 11.9. The monoisotopic (exact) mass is 496 g/mol. The summed E-state index contributed by atoms with van der Waals surface area (Å²) in [5.41, 5.74) is 2.13. The van der Waals surface area contributed by atoms with E-state index in [0.29, 0.717) is 13.0 Å². The van der Waals surface area contributed by atoms with Crippen LogP contribution in [0.4, 0.5) is 0 Å². The van der Waals surface area contributed by atoms with Gasteiger partial charge in [-0.1, -0.05) is 25.1 Å². The summed E-state index contributed by atoms with van der Waals surface area (Å²) in [4.78, 5) is 18.6. The third kappa shape index (κ3) is 5.70. The van der Waals surface area contributed by atoms with E-state index in [9.17, 15) is 4.79 Å². The van der Waals surface area contributed by atoms with Gasteiger partial charge in [-0.05, 0) is 31.0 Å². The fraction of sp³-hybridized carbons (Fsp3) is 0.450. The summed E-state index contributed by atoms with van der Waals surface area (Å²) in [5.74, 6) is 0.998. The predicted molar refractivity (Wildman–Crippen MR) is 122 cm³/mol. The lowest BCUT2D eigenvalue weighted by Crippen LogP contribution is -2.45. The van der Waals surface area contributed by atoms with Crippen molar-refractivity contribution in [3.63, 3.8) is 0 Å². The maximum Gasteiger partial charge on any atom is 0.222 e. The molecule has 1 atom stereocenters. The molecule has 0 saturated carbocycles. The van der Waals surface area contributed by atoms with E-state index in [-0.39, 0.29) is 35.9 Å². The summed E-state index contributed by atoms with van der Waals surface area (Å²) >= 11 is 0. The second kappa shape index (κ2) is 11.0. The Kier molecular flexibility index (Phi) is 8.75. The number of hydrogen-bond acceptors (Lipinski definition) is 3. The molecule has 0 spiro atoms. The number of hydrogen-bond donors (Lipinski definition) is 2. The second-order valence-corrected chi connectivity index (χ2v) is 6.60. The van der Waals surface area contributed by atoms with Crippen LogP contribution in [0.3, 0.4) is 0 Å². The average molecular weight is 496 g/mol. The number of carbonyl (C=O) groups is 1. The maximum absolute atomic E-state index is 11.9. The molecule has 1 aliphatic heterocycles. The SMILES string of the molecule is CCNC(=NCc1ccccc1-n1cccn1)NC1CCN(C(=O)CC)C1.I. The number of nitrogens with zero attached hydrogens (tertiary/aromatic N) is 4. The highest BCUT2D eigenvalue weighted by Gasteiger charge is 2.25. The Hall–Kier alpha value is -2.10. The number of guanidine groups is 1. The number of aromatic nitrogens is 2. The van der Waals surface area contributed by atoms with Crippen molar-refractivity contribution in [2.24, 2.45) is 4.99 Å². The fourth-order valence-corrected chi connectivity index (χ4v) is 3.29. The predicted octanol–water partition coefficient (Wildman–Crippen LogP) is 2.56. The summed E-state index contributed by atoms with van der Waals surface area (Å²) in [7, 11) is 0. The molecule has 152 valence electrons. The van der Waals surface area contributed by atoms with Gasteiger partial charge in [-0.15, -0.1) is 24.0 Å². The van der Waals surface area contributed by atoms with Gasteiger partial charge in [0.05, 0.1) is 12.2 Å². The highest BCUT2D eigenvalue weighted by atomic mass is 127. The fourth-order valence-electron chi connectivity index (χ4n) is 3.29. The standard InChI is InChI=1S/C20H28N6O.HI/c1-3-19(27)25-13-10-17(15-25)24-20(21-4-2)22-14-16-8-5-6-9-18(16)26-12-7-11-23-26;/h5-9,11-12,17H,3-4,10,13-15H2,1-2H3,(H2,21,22,24);1H. The average Bonchev–Trinajstić information content (AvgIpc) is 3.38. The minimum absolute atomic E-state index is 0. The van der Waals surface area contributed by atoms with Crippen LogP contribution < -0.4 is 10.6 Å². The molecule has 8 heteroatoms. The van der Waals surface area contributed by atoms with Gasteiger partial charge in [0.2, 0.25) is 5.91 Å². The molecule has 7 nitrogen and oxygen atoms in total. The molecule has 1 fully saturated rings. The number of amides is 1. The molecule has 1 aromatic heterocycles. The topological polar surface area (TPSA) is 74.6 Å². The molecule has 1 amide bonds. The van der Waals surface area contributed by atoms with Gasteiger partial charge in [0.1, 0.15) is 0 Å². The zero-order valence-electron chi connectivity index (χ0n) is 16.5. The van der Waals surface area contributed by atoms with Crippen molar-refractivity contribution in [1.82, 2.24) is 25.3 Å². The Morgan fingerprint density at radius 1 is 1.29 bits per heavy atom. The molecule has 2 heterocycles. The number of carbonyl (C=O) groups excluding carboxylic acids is 1. The van der Waals surface area contributed by atoms with E-state index < -0.39 is 0 Å². The first-order valence-electron chi connectivity index (χ1n) is 9.61. The van der Waals surface area contributed by atoms with E-state index in [2.05, 4.69) is 28.7 Å². The molecule has 1 aliphatic rings. The Morgan fingerprint density at radius 3 is 2.82 bits per heavy atom. The minimum Gasteiger partial charge on any atom is -0.357 e. The Morgan fingerprint density at radius 2 is 2.11 bits per heavy atom. The lowest BCUT2D eigenvalue weighted by atomic mass is 10.2. The van der Waals surface area contributed by atoms with E-state index in [1.54, 1.807) is 6.20 Å². The summed E-state index contributed by atoms with van der Waals surface area (Å²) < 4.78 is 1.86. The zero-order chi connectivity index (χ0) is 19.1. The van der Waals surface area contributed by atoms with Crippen LogP contribution in [0.25, 0.3) is 5.69 Å². The first-order valence-corrected chi connectivity index (χ1v) is 9.61. The molecule has 0 aliphatic carbocycles. The van der Waals surface area contributed by atoms with Crippen LogP contribution in [0.2, 0.25) is 0 Å². The molecule has 0 bridgehead atoms. The lowest BCUT2D eigenvalue weighted by molar-refractivity contribution is -0.129. The summed E-state index contributed by atoms with van der Waals surface area (Å²) in [6.45, 7) is 6.85. The lowest BCUT2D eigenvalue weighted by Gasteiger charge is -2.19. The first kappa shape index (κ1) is 22.2. The highest BCUT2D eigenvalue weighted by Crippen LogP contribution is 2.15. The van der Waals surface area contributed by atoms with Gasteiger partial charge >= 0.3 is 0 Å². The van der Waals surface area contributed by atoms with Crippen molar-refractivity contribution in [3.8, 4) is 5.69 Å². The van der Waals surface area contributed by atoms with Gasteiger partial charge < -0.3 is 15.5 Å². The highest BCUT2D eigenvalue weighted by molar-refractivity contribution is 14.0. The van der Waals surface area contributed by atoms with Crippen molar-refractivity contribution < 1.29 is 4.79 Å². The van der Waals surface area contributed by atoms with Crippen LogP contribution in [0.5, 0.6) is 0 Å². The van der Waals surface area contributed by atoms with Crippen LogP contribution in [0.15, 0.2) is 47.7 Å².